The number of ether oxygens (including phenoxy) is 1. The molecule has 3 aromatic carbocycles. The van der Waals surface area contributed by atoms with Crippen LogP contribution in [0.5, 0.6) is 5.75 Å². The molecule has 8 heteroatoms. The number of carbonyl (C=O) groups is 1. The fourth-order valence-corrected chi connectivity index (χ4v) is 4.50. The van der Waals surface area contributed by atoms with Gasteiger partial charge < -0.3 is 15.4 Å². The molecule has 35 heavy (non-hydrogen) atoms. The lowest BCUT2D eigenvalue weighted by Gasteiger charge is -2.22. The predicted octanol–water partition coefficient (Wildman–Crippen LogP) is 6.07. The normalized spacial score (nSPS) is 12.0. The topological polar surface area (TPSA) is 80.5 Å². The molecular weight excluding hydrogens is 462 g/mol. The molecule has 0 fully saturated rings. The highest BCUT2D eigenvalue weighted by atomic mass is 35.5. The molecule has 0 bridgehead atoms. The molecule has 7 nitrogen and oxygen atoms in total. The van der Waals surface area contributed by atoms with Crippen LogP contribution in [0.15, 0.2) is 73.1 Å². The summed E-state index contributed by atoms with van der Waals surface area (Å²) >= 11 is 6.58. The van der Waals surface area contributed by atoms with Crippen molar-refractivity contribution in [2.45, 2.75) is 20.0 Å². The van der Waals surface area contributed by atoms with Gasteiger partial charge in [0.2, 0.25) is 0 Å². The van der Waals surface area contributed by atoms with Crippen LogP contribution in [0.3, 0.4) is 0 Å². The third kappa shape index (κ3) is 4.38. The Morgan fingerprint density at radius 3 is 2.66 bits per heavy atom. The zero-order valence-electron chi connectivity index (χ0n) is 19.5. The van der Waals surface area contributed by atoms with Gasteiger partial charge in [-0.3, -0.25) is 4.40 Å². The zero-order valence-corrected chi connectivity index (χ0v) is 20.3. The second-order valence-corrected chi connectivity index (χ2v) is 8.65. The number of carbonyl (C=O) groups excluding carboxylic acids is 1. The van der Waals surface area contributed by atoms with Crippen LogP contribution in [0.2, 0.25) is 5.02 Å². The highest BCUT2D eigenvalue weighted by Gasteiger charge is 2.20. The van der Waals surface area contributed by atoms with Crippen LogP contribution >= 0.6 is 11.6 Å². The number of urea groups is 1. The number of aromatic nitrogens is 3. The molecule has 0 aliphatic heterocycles. The lowest BCUT2D eigenvalue weighted by atomic mass is 10.0. The van der Waals surface area contributed by atoms with Gasteiger partial charge in [-0.15, -0.1) is 0 Å². The molecule has 0 spiro atoms. The van der Waals surface area contributed by atoms with Gasteiger partial charge in [0.1, 0.15) is 12.1 Å². The summed E-state index contributed by atoms with van der Waals surface area (Å²) in [4.78, 5) is 21.1. The van der Waals surface area contributed by atoms with Gasteiger partial charge in [0.25, 0.3) is 0 Å². The number of benzene rings is 3. The van der Waals surface area contributed by atoms with E-state index in [0.717, 1.165) is 39.1 Å². The first-order valence-corrected chi connectivity index (χ1v) is 11.6. The number of hydrogen-bond acceptors (Lipinski definition) is 4. The van der Waals surface area contributed by atoms with E-state index >= 15 is 0 Å². The molecule has 2 heterocycles. The maximum atomic E-state index is 11.8. The third-order valence-electron chi connectivity index (χ3n) is 5.90. The Balaban J connectivity index is 1.58. The van der Waals surface area contributed by atoms with Crippen LogP contribution in [0.1, 0.15) is 28.6 Å². The summed E-state index contributed by atoms with van der Waals surface area (Å²) in [6, 6.07) is 20.6. The molecule has 5 aromatic rings. The first-order valence-electron chi connectivity index (χ1n) is 11.2. The van der Waals surface area contributed by atoms with E-state index in [1.54, 1.807) is 7.05 Å². The third-order valence-corrected chi connectivity index (χ3v) is 6.25. The van der Waals surface area contributed by atoms with E-state index in [4.69, 9.17) is 21.3 Å². The average molecular weight is 486 g/mol. The smallest absolute Gasteiger partial charge is 0.318 e. The molecule has 0 saturated heterocycles. The molecule has 0 aliphatic carbocycles. The summed E-state index contributed by atoms with van der Waals surface area (Å²) in [5.74, 6) is 0.648. The molecule has 2 N–H and O–H groups in total. The first kappa shape index (κ1) is 22.7. The minimum Gasteiger partial charge on any atom is -0.481 e. The molecule has 176 valence electrons. The number of halogens is 1. The summed E-state index contributed by atoms with van der Waals surface area (Å²) in [6.45, 7) is 3.96. The number of imidazole rings is 1. The van der Waals surface area contributed by atoms with E-state index in [9.17, 15) is 4.79 Å². The maximum Gasteiger partial charge on any atom is 0.318 e. The Labute approximate surface area is 207 Å². The van der Waals surface area contributed by atoms with Gasteiger partial charge in [0.15, 0.2) is 6.10 Å². The molecule has 0 aliphatic rings. The van der Waals surface area contributed by atoms with Crippen LogP contribution in [-0.4, -0.2) is 27.4 Å². The highest BCUT2D eigenvalue weighted by Crippen LogP contribution is 2.35. The van der Waals surface area contributed by atoms with Gasteiger partial charge in [-0.1, -0.05) is 41.9 Å². The van der Waals surface area contributed by atoms with Crippen molar-refractivity contribution >= 4 is 39.9 Å². The Hall–Kier alpha value is -4.10. The van der Waals surface area contributed by atoms with Crippen LogP contribution in [0.25, 0.3) is 16.6 Å². The SMILES string of the molecule is CNC(=O)Nc1cccc(C(Oc2ccc3c(c2)nc(C)c2c(C)ncn23)c2ccccc2Cl)c1. The van der Waals surface area contributed by atoms with Crippen LogP contribution < -0.4 is 15.4 Å². The molecule has 2 amide bonds. The quantitative estimate of drug-likeness (QED) is 0.316. The monoisotopic (exact) mass is 485 g/mol. The highest BCUT2D eigenvalue weighted by molar-refractivity contribution is 6.31. The molecular formula is C27H24ClN5O2. The number of aryl methyl sites for hydroxylation is 2. The van der Waals surface area contributed by atoms with E-state index in [2.05, 4.69) is 20.0 Å². The van der Waals surface area contributed by atoms with Crippen molar-refractivity contribution in [1.29, 1.82) is 0 Å². The number of hydrogen-bond donors (Lipinski definition) is 2. The number of fused-ring (bicyclic) bond motifs is 3. The summed E-state index contributed by atoms with van der Waals surface area (Å²) in [7, 11) is 1.57. The van der Waals surface area contributed by atoms with Crippen LogP contribution in [0.4, 0.5) is 10.5 Å². The second kappa shape index (κ2) is 9.27. The molecule has 1 atom stereocenters. The molecule has 5 rings (SSSR count). The molecule has 0 saturated carbocycles. The summed E-state index contributed by atoms with van der Waals surface area (Å²) in [5, 5.41) is 5.96. The number of nitrogens with zero attached hydrogens (tertiary/aromatic N) is 3. The second-order valence-electron chi connectivity index (χ2n) is 8.25. The van der Waals surface area contributed by atoms with E-state index in [1.807, 2.05) is 86.9 Å². The maximum absolute atomic E-state index is 11.8. The fourth-order valence-electron chi connectivity index (χ4n) is 4.27. The van der Waals surface area contributed by atoms with Gasteiger partial charge >= 0.3 is 6.03 Å². The van der Waals surface area contributed by atoms with E-state index in [1.165, 1.54) is 0 Å². The summed E-state index contributed by atoms with van der Waals surface area (Å²) < 4.78 is 8.59. The zero-order chi connectivity index (χ0) is 24.5. The van der Waals surface area contributed by atoms with Gasteiger partial charge in [0.05, 0.1) is 27.9 Å². The largest absolute Gasteiger partial charge is 0.481 e. The Kier molecular flexibility index (Phi) is 6.01. The van der Waals surface area contributed by atoms with E-state index in [0.29, 0.717) is 16.5 Å². The van der Waals surface area contributed by atoms with E-state index in [-0.39, 0.29) is 6.03 Å². The fraction of sp³-hybridized carbons (Fsp3) is 0.148. The van der Waals surface area contributed by atoms with Crippen LogP contribution in [0, 0.1) is 13.8 Å². The van der Waals surface area contributed by atoms with Gasteiger partial charge in [0, 0.05) is 29.4 Å². The van der Waals surface area contributed by atoms with Crippen molar-refractivity contribution in [2.24, 2.45) is 0 Å². The summed E-state index contributed by atoms with van der Waals surface area (Å²) in [5.41, 5.74) is 6.92. The number of anilines is 1. The van der Waals surface area contributed by atoms with Crippen molar-refractivity contribution < 1.29 is 9.53 Å². The lowest BCUT2D eigenvalue weighted by molar-refractivity contribution is 0.247. The van der Waals surface area contributed by atoms with Gasteiger partial charge in [-0.25, -0.2) is 14.8 Å². The van der Waals surface area contributed by atoms with Crippen molar-refractivity contribution in [3.63, 3.8) is 0 Å². The molecule has 2 aromatic heterocycles. The predicted molar refractivity (Wildman–Crippen MR) is 138 cm³/mol. The minimum absolute atomic E-state index is 0.297. The summed E-state index contributed by atoms with van der Waals surface area (Å²) in [6.07, 6.45) is 1.31. The Bertz CT molecular complexity index is 1560. The van der Waals surface area contributed by atoms with Crippen molar-refractivity contribution in [3.8, 4) is 5.75 Å². The number of amides is 2. The van der Waals surface area contributed by atoms with Crippen molar-refractivity contribution in [1.82, 2.24) is 19.7 Å². The standard InChI is InChI=1S/C27H24ClN5O2/c1-16-25-17(2)31-23-14-20(11-12-24(23)33(25)15-30-16)35-26(21-9-4-5-10-22(21)28)18-7-6-8-19(13-18)32-27(34)29-3/h4-15,26H,1-3H3,(H2,29,32,34). The molecule has 1 unspecified atom stereocenters. The van der Waals surface area contributed by atoms with Crippen molar-refractivity contribution in [2.75, 3.05) is 12.4 Å². The van der Waals surface area contributed by atoms with Crippen molar-refractivity contribution in [3.05, 3.63) is 101 Å². The lowest BCUT2D eigenvalue weighted by Crippen LogP contribution is -2.24. The van der Waals surface area contributed by atoms with E-state index < -0.39 is 6.10 Å². The molecule has 0 radical (unpaired) electrons. The van der Waals surface area contributed by atoms with Gasteiger partial charge in [-0.2, -0.15) is 0 Å². The van der Waals surface area contributed by atoms with Gasteiger partial charge in [-0.05, 0) is 49.7 Å². The first-order chi connectivity index (χ1) is 16.9. The average Bonchev–Trinajstić information content (AvgIpc) is 3.25. The number of nitrogens with one attached hydrogen (secondary N) is 2. The Morgan fingerprint density at radius 1 is 1.03 bits per heavy atom. The Morgan fingerprint density at radius 2 is 1.86 bits per heavy atom. The van der Waals surface area contributed by atoms with Crippen LogP contribution in [-0.2, 0) is 0 Å². The minimum atomic E-state index is -0.507. The number of rotatable bonds is 5.